The number of nitrogen functional groups attached to an aromatic ring is 1. The number of Topliss-reactive ketones (excluding diaryl/α,β-unsaturated/α-hetero) is 1. The molecule has 1 aliphatic heterocycles. The summed E-state index contributed by atoms with van der Waals surface area (Å²) in [5.74, 6) is -1.32. The van der Waals surface area contributed by atoms with E-state index in [2.05, 4.69) is 5.32 Å². The Bertz CT molecular complexity index is 758. The number of amides is 1. The normalized spacial score (nSPS) is 17.6. The number of hydrogen-bond acceptors (Lipinski definition) is 3. The lowest BCUT2D eigenvalue weighted by Crippen LogP contribution is -2.24. The van der Waals surface area contributed by atoms with Crippen molar-refractivity contribution in [2.45, 2.75) is 12.8 Å². The maximum atomic E-state index is 13.3. The number of nitrogens with one attached hydrogen (secondary N) is 1. The van der Waals surface area contributed by atoms with Crippen molar-refractivity contribution in [3.05, 3.63) is 59.4 Å². The number of carbonyl (C=O) groups is 2. The minimum atomic E-state index is -0.541. The number of fused-ring (bicyclic) bond motifs is 1. The van der Waals surface area contributed by atoms with Crippen LogP contribution in [0.3, 0.4) is 0 Å². The Labute approximate surface area is 127 Å². The lowest BCUT2D eigenvalue weighted by molar-refractivity contribution is -0.119. The topological polar surface area (TPSA) is 72.2 Å². The summed E-state index contributed by atoms with van der Waals surface area (Å²) < 4.78 is 13.3. The van der Waals surface area contributed by atoms with Crippen molar-refractivity contribution in [3.63, 3.8) is 0 Å². The molecule has 2 aromatic carbocycles. The molecular weight excluding hydrogens is 283 g/mol. The van der Waals surface area contributed by atoms with Crippen LogP contribution in [0.5, 0.6) is 0 Å². The minimum Gasteiger partial charge on any atom is -0.398 e. The molecule has 2 aromatic rings. The van der Waals surface area contributed by atoms with E-state index in [1.807, 2.05) is 0 Å². The van der Waals surface area contributed by atoms with Crippen molar-refractivity contribution < 1.29 is 14.0 Å². The molecule has 0 saturated heterocycles. The zero-order chi connectivity index (χ0) is 15.7. The molecule has 0 unspecified atom stereocenters. The van der Waals surface area contributed by atoms with Crippen molar-refractivity contribution >= 4 is 23.1 Å². The molecule has 0 aromatic heterocycles. The van der Waals surface area contributed by atoms with Gasteiger partial charge in [-0.15, -0.1) is 0 Å². The van der Waals surface area contributed by atoms with Gasteiger partial charge in [0.25, 0.3) is 0 Å². The third-order valence-electron chi connectivity index (χ3n) is 3.81. The second-order valence-corrected chi connectivity index (χ2v) is 5.42. The largest absolute Gasteiger partial charge is 0.398 e. The Morgan fingerprint density at radius 3 is 2.73 bits per heavy atom. The van der Waals surface area contributed by atoms with E-state index < -0.39 is 5.92 Å². The number of hydrogen-bond donors (Lipinski definition) is 2. The number of anilines is 2. The molecule has 0 bridgehead atoms. The summed E-state index contributed by atoms with van der Waals surface area (Å²) in [7, 11) is 0. The number of nitrogens with two attached hydrogens (primary N) is 1. The van der Waals surface area contributed by atoms with Crippen LogP contribution in [0.2, 0.25) is 0 Å². The van der Waals surface area contributed by atoms with Crippen molar-refractivity contribution in [2.75, 3.05) is 11.1 Å². The van der Waals surface area contributed by atoms with Gasteiger partial charge in [-0.25, -0.2) is 4.39 Å². The molecule has 4 nitrogen and oxygen atoms in total. The summed E-state index contributed by atoms with van der Waals surface area (Å²) in [5, 5.41) is 2.75. The van der Waals surface area contributed by atoms with E-state index in [1.165, 1.54) is 12.1 Å². The van der Waals surface area contributed by atoms with E-state index in [0.29, 0.717) is 28.9 Å². The number of carbonyl (C=O) groups excluding carboxylic acids is 2. The predicted molar refractivity (Wildman–Crippen MR) is 82.0 cm³/mol. The van der Waals surface area contributed by atoms with Crippen LogP contribution in [0.15, 0.2) is 42.5 Å². The first-order valence-electron chi connectivity index (χ1n) is 7.01. The van der Waals surface area contributed by atoms with Crippen molar-refractivity contribution in [1.82, 2.24) is 0 Å². The molecule has 22 heavy (non-hydrogen) atoms. The fraction of sp³-hybridized carbons (Fsp3) is 0.176. The van der Waals surface area contributed by atoms with E-state index in [-0.39, 0.29) is 23.9 Å². The van der Waals surface area contributed by atoms with Gasteiger partial charge in [-0.2, -0.15) is 0 Å². The number of rotatable bonds is 2. The quantitative estimate of drug-likeness (QED) is 0.837. The van der Waals surface area contributed by atoms with Crippen LogP contribution >= 0.6 is 0 Å². The molecule has 3 rings (SSSR count). The average Bonchev–Trinajstić information content (AvgIpc) is 2.57. The van der Waals surface area contributed by atoms with Crippen LogP contribution in [0, 0.1) is 11.7 Å². The van der Waals surface area contributed by atoms with Gasteiger partial charge in [-0.1, -0.05) is 18.2 Å². The highest BCUT2D eigenvalue weighted by atomic mass is 19.1. The van der Waals surface area contributed by atoms with Gasteiger partial charge in [0.05, 0.1) is 11.3 Å². The van der Waals surface area contributed by atoms with E-state index in [4.69, 9.17) is 5.73 Å². The van der Waals surface area contributed by atoms with Gasteiger partial charge in [0.15, 0.2) is 5.78 Å². The summed E-state index contributed by atoms with van der Waals surface area (Å²) in [4.78, 5) is 24.7. The molecule has 0 radical (unpaired) electrons. The highest BCUT2D eigenvalue weighted by Gasteiger charge is 2.29. The predicted octanol–water partition coefficient (Wildman–Crippen LogP) is 2.79. The second-order valence-electron chi connectivity index (χ2n) is 5.42. The molecule has 0 aliphatic carbocycles. The average molecular weight is 298 g/mol. The van der Waals surface area contributed by atoms with Gasteiger partial charge >= 0.3 is 0 Å². The monoisotopic (exact) mass is 298 g/mol. The molecule has 0 spiro atoms. The molecule has 1 atom stereocenters. The Morgan fingerprint density at radius 1 is 1.18 bits per heavy atom. The maximum Gasteiger partial charge on any atom is 0.228 e. The first kappa shape index (κ1) is 14.3. The molecule has 0 fully saturated rings. The van der Waals surface area contributed by atoms with Crippen LogP contribution in [0.1, 0.15) is 22.3 Å². The first-order chi connectivity index (χ1) is 10.5. The van der Waals surface area contributed by atoms with Crippen molar-refractivity contribution in [3.8, 4) is 0 Å². The Hall–Kier alpha value is -2.69. The Morgan fingerprint density at radius 2 is 1.95 bits per heavy atom. The standard InChI is InChI=1S/C17H15FN2O2/c18-12-4-1-3-10(8-12)7-11-9-15(21)16-13(19)5-2-6-14(16)20-17(11)22/h1-6,8,11H,7,9,19H2,(H,20,22)/t11-/m1/s1. The maximum absolute atomic E-state index is 13.3. The highest BCUT2D eigenvalue weighted by Crippen LogP contribution is 2.30. The van der Waals surface area contributed by atoms with Gasteiger partial charge in [-0.05, 0) is 36.2 Å². The summed E-state index contributed by atoms with van der Waals surface area (Å²) in [6.07, 6.45) is 0.368. The lowest BCUT2D eigenvalue weighted by Gasteiger charge is -2.12. The molecule has 112 valence electrons. The molecular formula is C17H15FN2O2. The molecule has 5 heteroatoms. The first-order valence-corrected chi connectivity index (χ1v) is 7.01. The third-order valence-corrected chi connectivity index (χ3v) is 3.81. The third kappa shape index (κ3) is 2.70. The summed E-state index contributed by atoms with van der Waals surface area (Å²) in [6, 6.07) is 11.0. The van der Waals surface area contributed by atoms with E-state index >= 15 is 0 Å². The van der Waals surface area contributed by atoms with Gasteiger partial charge in [0, 0.05) is 18.0 Å². The number of benzene rings is 2. The smallest absolute Gasteiger partial charge is 0.228 e. The fourth-order valence-corrected chi connectivity index (χ4v) is 2.75. The molecule has 3 N–H and O–H groups in total. The van der Waals surface area contributed by atoms with Crippen LogP contribution in [-0.4, -0.2) is 11.7 Å². The van der Waals surface area contributed by atoms with Crippen LogP contribution in [0.4, 0.5) is 15.8 Å². The fourth-order valence-electron chi connectivity index (χ4n) is 2.75. The van der Waals surface area contributed by atoms with Crippen molar-refractivity contribution in [1.29, 1.82) is 0 Å². The van der Waals surface area contributed by atoms with Crippen LogP contribution < -0.4 is 11.1 Å². The van der Waals surface area contributed by atoms with Crippen LogP contribution in [-0.2, 0) is 11.2 Å². The van der Waals surface area contributed by atoms with E-state index in [9.17, 15) is 14.0 Å². The number of ketones is 1. The number of halogens is 1. The Balaban J connectivity index is 1.89. The minimum absolute atomic E-state index is 0.0591. The zero-order valence-corrected chi connectivity index (χ0v) is 11.8. The van der Waals surface area contributed by atoms with E-state index in [1.54, 1.807) is 30.3 Å². The van der Waals surface area contributed by atoms with Crippen molar-refractivity contribution in [2.24, 2.45) is 5.92 Å². The van der Waals surface area contributed by atoms with Gasteiger partial charge in [0.1, 0.15) is 5.82 Å². The van der Waals surface area contributed by atoms with Gasteiger partial charge < -0.3 is 11.1 Å². The van der Waals surface area contributed by atoms with E-state index in [0.717, 1.165) is 0 Å². The molecule has 1 amide bonds. The van der Waals surface area contributed by atoms with Crippen LogP contribution in [0.25, 0.3) is 0 Å². The summed E-state index contributed by atoms with van der Waals surface area (Å²) in [5.41, 5.74) is 7.69. The molecule has 1 heterocycles. The zero-order valence-electron chi connectivity index (χ0n) is 11.8. The van der Waals surface area contributed by atoms with Gasteiger partial charge in [-0.3, -0.25) is 9.59 Å². The molecule has 0 saturated carbocycles. The summed E-state index contributed by atoms with van der Waals surface area (Å²) >= 11 is 0. The second kappa shape index (κ2) is 5.60. The molecule has 1 aliphatic rings. The summed E-state index contributed by atoms with van der Waals surface area (Å²) in [6.45, 7) is 0. The van der Waals surface area contributed by atoms with Gasteiger partial charge in [0.2, 0.25) is 5.91 Å². The Kier molecular flexibility index (Phi) is 3.63. The SMILES string of the molecule is Nc1cccc2c1C(=O)C[C@@H](Cc1cccc(F)c1)C(=O)N2. The highest BCUT2D eigenvalue weighted by molar-refractivity contribution is 6.12. The lowest BCUT2D eigenvalue weighted by atomic mass is 9.92.